The lowest BCUT2D eigenvalue weighted by Crippen LogP contribution is -1.89. The van der Waals surface area contributed by atoms with Crippen LogP contribution in [0.1, 0.15) is 18.9 Å². The molecule has 1 aromatic carbocycles. The van der Waals surface area contributed by atoms with Gasteiger partial charge < -0.3 is 0 Å². The summed E-state index contributed by atoms with van der Waals surface area (Å²) in [6.45, 7) is 2.13. The van der Waals surface area contributed by atoms with Crippen LogP contribution < -0.4 is 0 Å². The van der Waals surface area contributed by atoms with E-state index in [1.165, 1.54) is 0 Å². The summed E-state index contributed by atoms with van der Waals surface area (Å²) in [5.74, 6) is 0. The second-order valence-corrected chi connectivity index (χ2v) is 7.05. The smallest absolute Gasteiger partial charge is 0.0755 e. The molecular formula is C12H12BrClIN2P. The molecule has 6 heteroatoms. The molecule has 2 rings (SSSR count). The van der Waals surface area contributed by atoms with Crippen LogP contribution in [0, 0.1) is 0 Å². The number of halogens is 3. The molecule has 0 amide bonds. The Morgan fingerprint density at radius 2 is 2.33 bits per heavy atom. The number of rotatable bonds is 4. The molecule has 0 saturated carbocycles. The van der Waals surface area contributed by atoms with E-state index in [2.05, 4.69) is 62.1 Å². The molecule has 0 fully saturated rings. The van der Waals surface area contributed by atoms with Crippen molar-refractivity contribution in [3.8, 4) is 0 Å². The summed E-state index contributed by atoms with van der Waals surface area (Å²) in [7, 11) is 0. The normalized spacial score (nSPS) is 12.4. The van der Waals surface area contributed by atoms with E-state index < -0.39 is 0 Å². The minimum Gasteiger partial charge on any atom is -0.237 e. The van der Waals surface area contributed by atoms with E-state index in [1.807, 2.05) is 16.7 Å². The summed E-state index contributed by atoms with van der Waals surface area (Å²) in [6, 6.07) is 2.01. The van der Waals surface area contributed by atoms with Crippen molar-refractivity contribution in [2.45, 2.75) is 19.8 Å². The summed E-state index contributed by atoms with van der Waals surface area (Å²) in [5, 5.41) is 6.29. The number of hydrogen-bond donors (Lipinski definition) is 0. The lowest BCUT2D eigenvalue weighted by molar-refractivity contribution is 1.04. The fourth-order valence-corrected chi connectivity index (χ4v) is 4.36. The van der Waals surface area contributed by atoms with Crippen LogP contribution in [0.5, 0.6) is 0 Å². The van der Waals surface area contributed by atoms with Crippen molar-refractivity contribution in [3.63, 3.8) is 0 Å². The van der Waals surface area contributed by atoms with Crippen LogP contribution in [0.2, 0.25) is 5.02 Å². The van der Waals surface area contributed by atoms with Crippen molar-refractivity contribution in [2.24, 2.45) is 0 Å². The first kappa shape index (κ1) is 14.8. The Labute approximate surface area is 135 Å². The zero-order chi connectivity index (χ0) is 13.1. The molecule has 2 aromatic rings. The van der Waals surface area contributed by atoms with E-state index in [0.717, 1.165) is 38.8 Å². The molecule has 1 aromatic heterocycles. The van der Waals surface area contributed by atoms with Crippen LogP contribution in [0.3, 0.4) is 0 Å². The Kier molecular flexibility index (Phi) is 5.48. The van der Waals surface area contributed by atoms with E-state index in [1.54, 1.807) is 0 Å². The summed E-state index contributed by atoms with van der Waals surface area (Å²) in [5.41, 5.74) is 2.22. The molecule has 1 unspecified atom stereocenters. The Hall–Kier alpha value is 0.360. The van der Waals surface area contributed by atoms with Crippen molar-refractivity contribution in [3.05, 3.63) is 39.5 Å². The van der Waals surface area contributed by atoms with Gasteiger partial charge in [-0.25, -0.2) is 4.45 Å². The predicted molar refractivity (Wildman–Crippen MR) is 93.3 cm³/mol. The monoisotopic (exact) mass is 456 g/mol. The maximum atomic E-state index is 6.37. The number of benzene rings is 1. The van der Waals surface area contributed by atoms with Gasteiger partial charge in [-0.3, -0.25) is 0 Å². The number of hydrogen-bond acceptors (Lipinski definition) is 1. The molecule has 0 aliphatic rings. The summed E-state index contributed by atoms with van der Waals surface area (Å²) in [4.78, 5) is 0. The quantitative estimate of drug-likeness (QED) is 0.325. The van der Waals surface area contributed by atoms with Crippen LogP contribution >= 0.6 is 55.9 Å². The summed E-state index contributed by atoms with van der Waals surface area (Å²) >= 11 is 12.3. The third-order valence-electron chi connectivity index (χ3n) is 2.66. The molecule has 96 valence electrons. The Morgan fingerprint density at radius 3 is 3.00 bits per heavy atom. The highest BCUT2D eigenvalue weighted by atomic mass is 127. The van der Waals surface area contributed by atoms with E-state index >= 15 is 0 Å². The van der Waals surface area contributed by atoms with Gasteiger partial charge in [0.15, 0.2) is 0 Å². The molecule has 18 heavy (non-hydrogen) atoms. The molecule has 0 spiro atoms. The van der Waals surface area contributed by atoms with Crippen LogP contribution in [0.25, 0.3) is 10.9 Å². The largest absolute Gasteiger partial charge is 0.237 e. The van der Waals surface area contributed by atoms with E-state index in [4.69, 9.17) is 11.6 Å². The van der Waals surface area contributed by atoms with E-state index in [-0.39, 0.29) is 0 Å². The summed E-state index contributed by atoms with van der Waals surface area (Å²) < 4.78 is 3.03. The summed E-state index contributed by atoms with van der Waals surface area (Å²) in [6.07, 6.45) is 8.68. The Balaban J connectivity index is 2.52. The molecule has 0 radical (unpaired) electrons. The van der Waals surface area contributed by atoms with Gasteiger partial charge in [0.25, 0.3) is 0 Å². The highest BCUT2D eigenvalue weighted by molar-refractivity contribution is 14.2. The molecule has 0 aliphatic heterocycles. The molecule has 1 atom stereocenters. The van der Waals surface area contributed by atoms with Gasteiger partial charge >= 0.3 is 0 Å². The van der Waals surface area contributed by atoms with E-state index in [9.17, 15) is 0 Å². The first-order valence-electron chi connectivity index (χ1n) is 5.55. The van der Waals surface area contributed by atoms with Gasteiger partial charge in [-0.1, -0.05) is 30.7 Å². The minimum atomic E-state index is 0.581. The molecule has 0 saturated heterocycles. The Bertz CT molecular complexity index is 597. The fraction of sp³-hybridized carbons (Fsp3) is 0.250. The van der Waals surface area contributed by atoms with Gasteiger partial charge in [0.2, 0.25) is 0 Å². The van der Waals surface area contributed by atoms with Crippen LogP contribution in [0.15, 0.2) is 28.9 Å². The van der Waals surface area contributed by atoms with Crippen LogP contribution in [0.4, 0.5) is 0 Å². The Morgan fingerprint density at radius 1 is 1.56 bits per heavy atom. The average Bonchev–Trinajstić information content (AvgIpc) is 2.76. The van der Waals surface area contributed by atoms with Crippen molar-refractivity contribution in [2.75, 3.05) is 0 Å². The van der Waals surface area contributed by atoms with Gasteiger partial charge in [0.1, 0.15) is 0 Å². The molecule has 1 heterocycles. The topological polar surface area (TPSA) is 17.8 Å². The minimum absolute atomic E-state index is 0.581. The molecule has 0 aliphatic carbocycles. The zero-order valence-electron chi connectivity index (χ0n) is 9.75. The van der Waals surface area contributed by atoms with Gasteiger partial charge in [0.05, 0.1) is 18.1 Å². The third-order valence-corrected chi connectivity index (χ3v) is 5.79. The maximum absolute atomic E-state index is 6.37. The number of aromatic nitrogens is 2. The SMILES string of the molecule is CC/C=C\Cc1c(Cl)cc2c(cnn2PI)c1Br. The second kappa shape index (κ2) is 6.69. The van der Waals surface area contributed by atoms with Gasteiger partial charge in [-0.05, 0) is 62.4 Å². The van der Waals surface area contributed by atoms with Crippen molar-refractivity contribution >= 4 is 66.8 Å². The first-order valence-corrected chi connectivity index (χ1v) is 10.8. The van der Waals surface area contributed by atoms with E-state index in [0.29, 0.717) is 6.37 Å². The van der Waals surface area contributed by atoms with Gasteiger partial charge in [-0.15, -0.1) is 0 Å². The molecular weight excluding hydrogens is 445 g/mol. The lowest BCUT2D eigenvalue weighted by Gasteiger charge is -2.07. The highest BCUT2D eigenvalue weighted by Crippen LogP contribution is 2.37. The standard InChI is InChI=1S/C12H12BrClIN2P/c1-2-3-4-5-8-10(14)6-11-9(12(8)13)7-16-17(11)18-15/h3-4,6-7,18H,2,5H2,1H3/b4-3-. The van der Waals surface area contributed by atoms with Crippen molar-refractivity contribution < 1.29 is 0 Å². The number of nitrogens with zero attached hydrogens (tertiary/aromatic N) is 2. The number of allylic oxidation sites excluding steroid dienone is 2. The molecule has 0 bridgehead atoms. The predicted octanol–water partition coefficient (Wildman–Crippen LogP) is 5.75. The van der Waals surface area contributed by atoms with Crippen molar-refractivity contribution in [1.82, 2.24) is 9.55 Å². The molecule has 0 N–H and O–H groups in total. The van der Waals surface area contributed by atoms with Crippen LogP contribution in [-0.4, -0.2) is 9.55 Å². The van der Waals surface area contributed by atoms with Gasteiger partial charge in [-0.2, -0.15) is 5.10 Å². The fourth-order valence-electron chi connectivity index (χ4n) is 1.76. The second-order valence-electron chi connectivity index (χ2n) is 3.81. The van der Waals surface area contributed by atoms with Crippen molar-refractivity contribution in [1.29, 1.82) is 0 Å². The maximum Gasteiger partial charge on any atom is 0.0755 e. The zero-order valence-corrected chi connectivity index (χ0v) is 15.3. The lowest BCUT2D eigenvalue weighted by atomic mass is 10.1. The third kappa shape index (κ3) is 2.92. The first-order chi connectivity index (χ1) is 8.69. The average molecular weight is 457 g/mol. The highest BCUT2D eigenvalue weighted by Gasteiger charge is 2.12. The molecule has 2 nitrogen and oxygen atoms in total. The van der Waals surface area contributed by atoms with Crippen LogP contribution in [-0.2, 0) is 6.42 Å². The number of fused-ring (bicyclic) bond motifs is 1. The van der Waals surface area contributed by atoms with Gasteiger partial charge in [0, 0.05) is 14.9 Å².